The number of ether oxygens (including phenoxy) is 2. The molecule has 2 aliphatic rings. The molecule has 1 saturated heterocycles. The molecule has 4 nitrogen and oxygen atoms in total. The lowest BCUT2D eigenvalue weighted by molar-refractivity contribution is 0.0695. The summed E-state index contributed by atoms with van der Waals surface area (Å²) in [5, 5.41) is 0. The molecule has 0 bridgehead atoms. The molecule has 1 saturated carbocycles. The van der Waals surface area contributed by atoms with Crippen molar-refractivity contribution >= 4 is 5.78 Å². The van der Waals surface area contributed by atoms with Gasteiger partial charge in [-0.25, -0.2) is 0 Å². The standard InChI is InChI=1S/C20H29NO3/c1-23-17-10-11-18(19(13-17)24-2)20(22)15-7-6-12-21(14-15)16-8-4-3-5-9-16/h10-11,13,15-16H,3-9,12,14H2,1-2H3/t15-/m0/s1. The lowest BCUT2D eigenvalue weighted by Gasteiger charge is -2.39. The molecule has 2 fully saturated rings. The molecule has 0 N–H and O–H groups in total. The molecule has 0 amide bonds. The summed E-state index contributed by atoms with van der Waals surface area (Å²) in [7, 11) is 3.24. The molecule has 4 heteroatoms. The van der Waals surface area contributed by atoms with E-state index in [1.54, 1.807) is 20.3 Å². The molecule has 1 heterocycles. The van der Waals surface area contributed by atoms with Crippen LogP contribution in [0.25, 0.3) is 0 Å². The van der Waals surface area contributed by atoms with Gasteiger partial charge < -0.3 is 9.47 Å². The van der Waals surface area contributed by atoms with Crippen LogP contribution in [-0.4, -0.2) is 44.0 Å². The predicted molar refractivity (Wildman–Crippen MR) is 95.0 cm³/mol. The van der Waals surface area contributed by atoms with Gasteiger partial charge in [0.05, 0.1) is 19.8 Å². The van der Waals surface area contributed by atoms with Gasteiger partial charge >= 0.3 is 0 Å². The maximum absolute atomic E-state index is 13.1. The van der Waals surface area contributed by atoms with Gasteiger partial charge in [0.15, 0.2) is 5.78 Å². The summed E-state index contributed by atoms with van der Waals surface area (Å²) in [5.74, 6) is 1.64. The number of benzene rings is 1. The molecule has 1 aromatic rings. The van der Waals surface area contributed by atoms with Crippen molar-refractivity contribution in [3.8, 4) is 11.5 Å². The maximum atomic E-state index is 13.1. The highest BCUT2D eigenvalue weighted by Crippen LogP contribution is 2.32. The monoisotopic (exact) mass is 331 g/mol. The van der Waals surface area contributed by atoms with Crippen LogP contribution in [0.3, 0.4) is 0 Å². The molecule has 24 heavy (non-hydrogen) atoms. The molecule has 1 aromatic carbocycles. The van der Waals surface area contributed by atoms with Gasteiger partial charge in [-0.05, 0) is 44.4 Å². The third-order valence-corrected chi connectivity index (χ3v) is 5.59. The topological polar surface area (TPSA) is 38.8 Å². The largest absolute Gasteiger partial charge is 0.497 e. The number of hydrogen-bond acceptors (Lipinski definition) is 4. The Bertz CT molecular complexity index is 566. The first kappa shape index (κ1) is 17.3. The molecular weight excluding hydrogens is 302 g/mol. The number of piperidine rings is 1. The highest BCUT2D eigenvalue weighted by atomic mass is 16.5. The Hall–Kier alpha value is -1.55. The minimum atomic E-state index is 0.0861. The predicted octanol–water partition coefficient (Wildman–Crippen LogP) is 3.93. The van der Waals surface area contributed by atoms with E-state index in [0.717, 1.165) is 31.7 Å². The molecule has 1 aliphatic carbocycles. The highest BCUT2D eigenvalue weighted by molar-refractivity contribution is 6.00. The van der Waals surface area contributed by atoms with E-state index >= 15 is 0 Å². The van der Waals surface area contributed by atoms with Crippen LogP contribution in [0, 0.1) is 5.92 Å². The fraction of sp³-hybridized carbons (Fsp3) is 0.650. The van der Waals surface area contributed by atoms with Crippen LogP contribution in [0.15, 0.2) is 18.2 Å². The minimum Gasteiger partial charge on any atom is -0.497 e. The van der Waals surface area contributed by atoms with Gasteiger partial charge in [-0.1, -0.05) is 19.3 Å². The molecular formula is C20H29NO3. The van der Waals surface area contributed by atoms with Crippen molar-refractivity contribution < 1.29 is 14.3 Å². The first-order chi connectivity index (χ1) is 11.7. The minimum absolute atomic E-state index is 0.0861. The Balaban J connectivity index is 1.72. The maximum Gasteiger partial charge on any atom is 0.170 e. The quantitative estimate of drug-likeness (QED) is 0.766. The second-order valence-electron chi connectivity index (χ2n) is 7.06. The number of Topliss-reactive ketones (excluding diaryl/α,β-unsaturated/α-hetero) is 1. The van der Waals surface area contributed by atoms with Crippen LogP contribution < -0.4 is 9.47 Å². The van der Waals surface area contributed by atoms with Crippen LogP contribution in [0.1, 0.15) is 55.3 Å². The average molecular weight is 331 g/mol. The van der Waals surface area contributed by atoms with Crippen LogP contribution in [0.2, 0.25) is 0 Å². The van der Waals surface area contributed by atoms with E-state index < -0.39 is 0 Å². The molecule has 1 aliphatic heterocycles. The Morgan fingerprint density at radius 3 is 2.54 bits per heavy atom. The van der Waals surface area contributed by atoms with E-state index in [2.05, 4.69) is 4.90 Å². The van der Waals surface area contributed by atoms with E-state index in [1.165, 1.54) is 32.1 Å². The van der Waals surface area contributed by atoms with Crippen LogP contribution in [0.4, 0.5) is 0 Å². The summed E-state index contributed by atoms with van der Waals surface area (Å²) in [6.07, 6.45) is 8.75. The third kappa shape index (κ3) is 3.75. The Kier molecular flexibility index (Phi) is 5.77. The van der Waals surface area contributed by atoms with E-state index in [9.17, 15) is 4.79 Å². The van der Waals surface area contributed by atoms with Crippen LogP contribution in [-0.2, 0) is 0 Å². The van der Waals surface area contributed by atoms with Crippen molar-refractivity contribution in [1.82, 2.24) is 4.90 Å². The third-order valence-electron chi connectivity index (χ3n) is 5.59. The smallest absolute Gasteiger partial charge is 0.170 e. The molecule has 0 unspecified atom stereocenters. The summed E-state index contributed by atoms with van der Waals surface area (Å²) in [6.45, 7) is 2.05. The molecule has 0 spiro atoms. The SMILES string of the molecule is COc1ccc(C(=O)[C@H]2CCCN(C3CCCCC3)C2)c(OC)c1. The van der Waals surface area contributed by atoms with Gasteiger partial charge in [-0.3, -0.25) is 9.69 Å². The zero-order valence-electron chi connectivity index (χ0n) is 14.9. The number of hydrogen-bond donors (Lipinski definition) is 0. The summed E-state index contributed by atoms with van der Waals surface area (Å²) >= 11 is 0. The Labute approximate surface area is 145 Å². The zero-order valence-corrected chi connectivity index (χ0v) is 14.9. The van der Waals surface area contributed by atoms with Crippen molar-refractivity contribution in [3.05, 3.63) is 23.8 Å². The zero-order chi connectivity index (χ0) is 16.9. The van der Waals surface area contributed by atoms with Crippen molar-refractivity contribution in [2.75, 3.05) is 27.3 Å². The lowest BCUT2D eigenvalue weighted by Crippen LogP contribution is -2.45. The normalized spacial score (nSPS) is 23.0. The number of rotatable bonds is 5. The summed E-state index contributed by atoms with van der Waals surface area (Å²) < 4.78 is 10.7. The van der Waals surface area contributed by atoms with Gasteiger partial charge in [0.2, 0.25) is 0 Å². The Morgan fingerprint density at radius 2 is 1.83 bits per heavy atom. The van der Waals surface area contributed by atoms with Gasteiger partial charge in [0.25, 0.3) is 0 Å². The number of nitrogens with zero attached hydrogens (tertiary/aromatic N) is 1. The van der Waals surface area contributed by atoms with Crippen molar-refractivity contribution in [2.45, 2.75) is 51.0 Å². The number of likely N-dealkylation sites (tertiary alicyclic amines) is 1. The van der Waals surface area contributed by atoms with E-state index in [0.29, 0.717) is 17.4 Å². The highest BCUT2D eigenvalue weighted by Gasteiger charge is 2.31. The first-order valence-electron chi connectivity index (χ1n) is 9.23. The van der Waals surface area contributed by atoms with Crippen LogP contribution >= 0.6 is 0 Å². The van der Waals surface area contributed by atoms with Crippen molar-refractivity contribution in [3.63, 3.8) is 0 Å². The molecule has 3 rings (SSSR count). The fourth-order valence-electron chi connectivity index (χ4n) is 4.22. The average Bonchev–Trinajstić information content (AvgIpc) is 2.67. The van der Waals surface area contributed by atoms with Crippen molar-refractivity contribution in [1.29, 1.82) is 0 Å². The van der Waals surface area contributed by atoms with Crippen molar-refractivity contribution in [2.24, 2.45) is 5.92 Å². The molecule has 0 aromatic heterocycles. The van der Waals surface area contributed by atoms with E-state index in [1.807, 2.05) is 12.1 Å². The lowest BCUT2D eigenvalue weighted by atomic mass is 9.86. The number of methoxy groups -OCH3 is 2. The van der Waals surface area contributed by atoms with Gasteiger partial charge in [0.1, 0.15) is 11.5 Å². The number of carbonyl (C=O) groups is 1. The second kappa shape index (κ2) is 8.02. The number of ketones is 1. The number of carbonyl (C=O) groups excluding carboxylic acids is 1. The van der Waals surface area contributed by atoms with Crippen LogP contribution in [0.5, 0.6) is 11.5 Å². The summed E-state index contributed by atoms with van der Waals surface area (Å²) in [6, 6.07) is 6.18. The molecule has 132 valence electrons. The second-order valence-corrected chi connectivity index (χ2v) is 7.06. The summed E-state index contributed by atoms with van der Waals surface area (Å²) in [5.41, 5.74) is 0.689. The molecule has 0 radical (unpaired) electrons. The van der Waals surface area contributed by atoms with Gasteiger partial charge in [-0.15, -0.1) is 0 Å². The van der Waals surface area contributed by atoms with E-state index in [-0.39, 0.29) is 11.7 Å². The van der Waals surface area contributed by atoms with Gasteiger partial charge in [-0.2, -0.15) is 0 Å². The summed E-state index contributed by atoms with van der Waals surface area (Å²) in [4.78, 5) is 15.6. The Morgan fingerprint density at radius 1 is 1.04 bits per heavy atom. The first-order valence-corrected chi connectivity index (χ1v) is 9.23. The molecule has 1 atom stereocenters. The fourth-order valence-corrected chi connectivity index (χ4v) is 4.22. The van der Waals surface area contributed by atoms with Gasteiger partial charge in [0, 0.05) is 24.6 Å². The van der Waals surface area contributed by atoms with E-state index in [4.69, 9.17) is 9.47 Å².